The number of allylic oxidation sites excluding steroid dienone is 16. The van der Waals surface area contributed by atoms with Crippen LogP contribution in [0.1, 0.15) is 316 Å². The number of hydrogen-bond donors (Lipinski definition) is 0. The van der Waals surface area contributed by atoms with Crippen molar-refractivity contribution in [2.75, 3.05) is 13.2 Å². The lowest BCUT2D eigenvalue weighted by Crippen LogP contribution is -2.30. The number of carbonyl (C=O) groups is 3. The fourth-order valence-corrected chi connectivity index (χ4v) is 9.14. The van der Waals surface area contributed by atoms with E-state index in [0.29, 0.717) is 19.3 Å². The standard InChI is InChI=1S/C71H122O6/c1-4-7-10-13-16-19-22-25-28-30-32-33-34-35-36-37-39-40-43-46-49-52-55-58-61-64-70(73)76-67-68(66-75-69(72)63-60-57-54-51-48-45-42-27-24-21-18-15-12-9-6-3)77-71(74)65-62-59-56-53-50-47-44-41-38-31-29-26-23-20-17-14-11-8-5-2/h9,12,17-18,20-22,25-27,29-30,32,34-35,42,68H,4-8,10-11,13-16,19,23-24,28,31,33,36-41,43-67H2,1-3H3/b12-9-,20-17-,21-18-,25-22-,29-26-,32-30-,35-34-,42-27-. The molecule has 77 heavy (non-hydrogen) atoms. The van der Waals surface area contributed by atoms with Crippen molar-refractivity contribution in [2.24, 2.45) is 0 Å². The molecule has 0 N–H and O–H groups in total. The van der Waals surface area contributed by atoms with E-state index in [9.17, 15) is 14.4 Å². The van der Waals surface area contributed by atoms with Gasteiger partial charge in [-0.25, -0.2) is 0 Å². The molecule has 0 fully saturated rings. The monoisotopic (exact) mass is 1070 g/mol. The fourth-order valence-electron chi connectivity index (χ4n) is 9.14. The van der Waals surface area contributed by atoms with E-state index in [0.717, 1.165) is 116 Å². The molecule has 6 heteroatoms. The van der Waals surface area contributed by atoms with Crippen LogP contribution in [0.5, 0.6) is 0 Å². The first-order valence-electron chi connectivity index (χ1n) is 32.7. The Morgan fingerprint density at radius 1 is 0.273 bits per heavy atom. The largest absolute Gasteiger partial charge is 0.462 e. The van der Waals surface area contributed by atoms with E-state index in [1.807, 2.05) is 0 Å². The number of esters is 3. The minimum absolute atomic E-state index is 0.0865. The highest BCUT2D eigenvalue weighted by Gasteiger charge is 2.19. The summed E-state index contributed by atoms with van der Waals surface area (Å²) in [5.74, 6) is -0.902. The lowest BCUT2D eigenvalue weighted by molar-refractivity contribution is -0.167. The van der Waals surface area contributed by atoms with Gasteiger partial charge in [0.05, 0.1) is 0 Å². The van der Waals surface area contributed by atoms with E-state index in [1.54, 1.807) is 0 Å². The van der Waals surface area contributed by atoms with Gasteiger partial charge in [-0.15, -0.1) is 0 Å². The molecule has 442 valence electrons. The van der Waals surface area contributed by atoms with Gasteiger partial charge in [-0.1, -0.05) is 272 Å². The number of carbonyl (C=O) groups excluding carboxylic acids is 3. The van der Waals surface area contributed by atoms with Crippen molar-refractivity contribution < 1.29 is 28.6 Å². The van der Waals surface area contributed by atoms with Gasteiger partial charge in [0.25, 0.3) is 0 Å². The summed E-state index contributed by atoms with van der Waals surface area (Å²) in [4.78, 5) is 38.4. The van der Waals surface area contributed by atoms with Crippen molar-refractivity contribution in [1.82, 2.24) is 0 Å². The van der Waals surface area contributed by atoms with E-state index >= 15 is 0 Å². The first-order valence-corrected chi connectivity index (χ1v) is 32.7. The number of ether oxygens (including phenoxy) is 3. The topological polar surface area (TPSA) is 78.9 Å². The summed E-state index contributed by atoms with van der Waals surface area (Å²) < 4.78 is 16.9. The molecular weight excluding hydrogens is 949 g/mol. The maximum atomic E-state index is 12.9. The fraction of sp³-hybridized carbons (Fsp3) is 0.732. The maximum Gasteiger partial charge on any atom is 0.306 e. The number of unbranched alkanes of at least 4 members (excludes halogenated alkanes) is 32. The average molecular weight is 1070 g/mol. The first-order chi connectivity index (χ1) is 38.0. The van der Waals surface area contributed by atoms with Gasteiger partial charge in [-0.3, -0.25) is 14.4 Å². The van der Waals surface area contributed by atoms with Crippen molar-refractivity contribution in [2.45, 2.75) is 322 Å². The van der Waals surface area contributed by atoms with Crippen LogP contribution in [0, 0.1) is 0 Å². The molecule has 0 aliphatic carbocycles. The molecule has 1 unspecified atom stereocenters. The highest BCUT2D eigenvalue weighted by molar-refractivity contribution is 5.71. The molecule has 0 saturated carbocycles. The van der Waals surface area contributed by atoms with Crippen LogP contribution in [-0.4, -0.2) is 37.2 Å². The predicted molar refractivity (Wildman–Crippen MR) is 334 cm³/mol. The van der Waals surface area contributed by atoms with Crippen LogP contribution >= 0.6 is 0 Å². The van der Waals surface area contributed by atoms with Gasteiger partial charge in [0.15, 0.2) is 6.10 Å². The summed E-state index contributed by atoms with van der Waals surface area (Å²) in [6.45, 7) is 6.50. The minimum atomic E-state index is -0.791. The van der Waals surface area contributed by atoms with Gasteiger partial charge in [0.1, 0.15) is 13.2 Å². The SMILES string of the molecule is CC/C=C\C/C=C\C/C=C\CCCCCCCC(=O)OCC(COC(=O)CCCCCCCCCCCC/C=C\C/C=C\C/C=C\CCCCCCC)OC(=O)CCCCCCCCCCC/C=C\C/C=C\CCCCC. The minimum Gasteiger partial charge on any atom is -0.462 e. The molecule has 0 spiro atoms. The van der Waals surface area contributed by atoms with Crippen LogP contribution in [-0.2, 0) is 28.6 Å². The molecule has 6 nitrogen and oxygen atoms in total. The second kappa shape index (κ2) is 64.9. The molecule has 0 saturated heterocycles. The second-order valence-electron chi connectivity index (χ2n) is 21.6. The predicted octanol–water partition coefficient (Wildman–Crippen LogP) is 22.4. The van der Waals surface area contributed by atoms with E-state index < -0.39 is 6.10 Å². The third-order valence-electron chi connectivity index (χ3n) is 14.0. The van der Waals surface area contributed by atoms with Gasteiger partial charge >= 0.3 is 17.9 Å². The van der Waals surface area contributed by atoms with Crippen molar-refractivity contribution in [3.63, 3.8) is 0 Å². The summed E-state index contributed by atoms with van der Waals surface area (Å²) in [5, 5.41) is 0. The average Bonchev–Trinajstić information content (AvgIpc) is 3.43. The van der Waals surface area contributed by atoms with Crippen molar-refractivity contribution >= 4 is 17.9 Å². The zero-order valence-corrected chi connectivity index (χ0v) is 50.7. The highest BCUT2D eigenvalue weighted by atomic mass is 16.6. The first kappa shape index (κ1) is 73.3. The van der Waals surface area contributed by atoms with Crippen LogP contribution in [0.15, 0.2) is 97.2 Å². The summed E-state index contributed by atoms with van der Waals surface area (Å²) in [5.41, 5.74) is 0. The third-order valence-corrected chi connectivity index (χ3v) is 14.0. The van der Waals surface area contributed by atoms with E-state index in [4.69, 9.17) is 14.2 Å². The highest BCUT2D eigenvalue weighted by Crippen LogP contribution is 2.16. The van der Waals surface area contributed by atoms with Crippen LogP contribution in [0.2, 0.25) is 0 Å². The molecule has 0 aliphatic rings. The quantitative estimate of drug-likeness (QED) is 0.0261. The molecule has 0 aliphatic heterocycles. The van der Waals surface area contributed by atoms with Crippen LogP contribution in [0.3, 0.4) is 0 Å². The Hall–Kier alpha value is -3.67. The van der Waals surface area contributed by atoms with Crippen LogP contribution in [0.4, 0.5) is 0 Å². The van der Waals surface area contributed by atoms with Gasteiger partial charge in [0, 0.05) is 19.3 Å². The zero-order valence-electron chi connectivity index (χ0n) is 50.7. The van der Waals surface area contributed by atoms with Gasteiger partial charge in [-0.05, 0) is 122 Å². The Morgan fingerprint density at radius 3 is 0.818 bits per heavy atom. The summed E-state index contributed by atoms with van der Waals surface area (Å²) >= 11 is 0. The molecule has 0 radical (unpaired) electrons. The molecule has 0 rings (SSSR count). The van der Waals surface area contributed by atoms with Crippen molar-refractivity contribution in [1.29, 1.82) is 0 Å². The Balaban J connectivity index is 4.36. The molecule has 0 aromatic heterocycles. The van der Waals surface area contributed by atoms with Gasteiger partial charge in [0.2, 0.25) is 0 Å². The Kier molecular flexibility index (Phi) is 61.8. The molecule has 0 aromatic rings. The Bertz CT molecular complexity index is 1510. The number of rotatable bonds is 59. The Labute approximate surface area is 477 Å². The van der Waals surface area contributed by atoms with Crippen molar-refractivity contribution in [3.05, 3.63) is 97.2 Å². The zero-order chi connectivity index (χ0) is 55.7. The van der Waals surface area contributed by atoms with E-state index in [2.05, 4.69) is 118 Å². The normalized spacial score (nSPS) is 12.7. The maximum absolute atomic E-state index is 12.9. The van der Waals surface area contributed by atoms with Gasteiger partial charge < -0.3 is 14.2 Å². The lowest BCUT2D eigenvalue weighted by atomic mass is 10.0. The molecule has 0 heterocycles. The Morgan fingerprint density at radius 2 is 0.506 bits per heavy atom. The van der Waals surface area contributed by atoms with Crippen LogP contribution in [0.25, 0.3) is 0 Å². The lowest BCUT2D eigenvalue weighted by Gasteiger charge is -2.18. The molecule has 0 bridgehead atoms. The second-order valence-corrected chi connectivity index (χ2v) is 21.6. The van der Waals surface area contributed by atoms with E-state index in [1.165, 1.54) is 161 Å². The van der Waals surface area contributed by atoms with Crippen LogP contribution < -0.4 is 0 Å². The number of hydrogen-bond acceptors (Lipinski definition) is 6. The molecule has 1 atom stereocenters. The summed E-state index contributed by atoms with van der Waals surface area (Å²) in [6, 6.07) is 0. The van der Waals surface area contributed by atoms with Crippen molar-refractivity contribution in [3.8, 4) is 0 Å². The molecule has 0 amide bonds. The third kappa shape index (κ3) is 63.0. The van der Waals surface area contributed by atoms with Gasteiger partial charge in [-0.2, -0.15) is 0 Å². The molecule has 0 aromatic carbocycles. The van der Waals surface area contributed by atoms with E-state index in [-0.39, 0.29) is 31.1 Å². The smallest absolute Gasteiger partial charge is 0.306 e. The molecular formula is C71H122O6. The summed E-state index contributed by atoms with van der Waals surface area (Å²) in [7, 11) is 0. The summed E-state index contributed by atoms with van der Waals surface area (Å²) in [6.07, 6.45) is 86.9.